The minimum Gasteiger partial charge on any atom is -0.399 e. The van der Waals surface area contributed by atoms with Gasteiger partial charge in [-0.3, -0.25) is 9.69 Å². The van der Waals surface area contributed by atoms with Gasteiger partial charge in [0.1, 0.15) is 0 Å². The molecule has 1 unspecified atom stereocenters. The molecule has 0 radical (unpaired) electrons. The van der Waals surface area contributed by atoms with Crippen molar-refractivity contribution in [2.75, 3.05) is 36.8 Å². The molecule has 2 fully saturated rings. The number of fused-ring (bicyclic) bond motifs is 1. The molecular weight excluding hydrogens is 252 g/mol. The van der Waals surface area contributed by atoms with Gasteiger partial charge in [0.05, 0.1) is 11.3 Å². The highest BCUT2D eigenvalue weighted by atomic mass is 16.1. The van der Waals surface area contributed by atoms with Crippen molar-refractivity contribution in [1.82, 2.24) is 4.90 Å². The Morgan fingerprint density at radius 2 is 2.05 bits per heavy atom. The van der Waals surface area contributed by atoms with Crippen molar-refractivity contribution in [3.63, 3.8) is 0 Å². The van der Waals surface area contributed by atoms with Crippen LogP contribution in [0.4, 0.5) is 11.4 Å². The fourth-order valence-corrected chi connectivity index (χ4v) is 3.39. The van der Waals surface area contributed by atoms with Crippen molar-refractivity contribution in [1.29, 1.82) is 0 Å². The van der Waals surface area contributed by atoms with Crippen LogP contribution in [0.3, 0.4) is 0 Å². The van der Waals surface area contributed by atoms with Crippen molar-refractivity contribution in [3.8, 4) is 0 Å². The van der Waals surface area contributed by atoms with Crippen LogP contribution in [0.25, 0.3) is 0 Å². The second kappa shape index (κ2) is 5.32. The number of hydrogen-bond donors (Lipinski definition) is 2. The molecule has 1 atom stereocenters. The summed E-state index contributed by atoms with van der Waals surface area (Å²) in [5.41, 5.74) is 13.5. The summed E-state index contributed by atoms with van der Waals surface area (Å²) >= 11 is 0. The number of amides is 1. The lowest BCUT2D eigenvalue weighted by molar-refractivity contribution is 0.0999. The van der Waals surface area contributed by atoms with Crippen molar-refractivity contribution < 1.29 is 4.79 Å². The Balaban J connectivity index is 1.85. The highest BCUT2D eigenvalue weighted by Gasteiger charge is 2.30. The van der Waals surface area contributed by atoms with Crippen molar-refractivity contribution in [2.24, 2.45) is 5.73 Å². The van der Waals surface area contributed by atoms with Gasteiger partial charge in [-0.15, -0.1) is 0 Å². The molecule has 0 aliphatic carbocycles. The maximum atomic E-state index is 11.6. The van der Waals surface area contributed by atoms with E-state index in [9.17, 15) is 4.79 Å². The molecule has 1 aromatic carbocycles. The Morgan fingerprint density at radius 1 is 1.20 bits per heavy atom. The van der Waals surface area contributed by atoms with Crippen LogP contribution < -0.4 is 16.4 Å². The van der Waals surface area contributed by atoms with Gasteiger partial charge in [0.2, 0.25) is 0 Å². The Labute approximate surface area is 119 Å². The van der Waals surface area contributed by atoms with E-state index in [1.54, 1.807) is 12.1 Å². The second-order valence-electron chi connectivity index (χ2n) is 5.77. The second-order valence-corrected chi connectivity index (χ2v) is 5.77. The molecule has 4 N–H and O–H groups in total. The zero-order valence-corrected chi connectivity index (χ0v) is 11.7. The van der Waals surface area contributed by atoms with Crippen molar-refractivity contribution in [2.45, 2.75) is 25.3 Å². The predicted octanol–water partition coefficient (Wildman–Crippen LogP) is 1.04. The molecule has 0 aromatic heterocycles. The van der Waals surface area contributed by atoms with Gasteiger partial charge in [0.15, 0.2) is 0 Å². The molecule has 0 bridgehead atoms. The van der Waals surface area contributed by atoms with E-state index in [0.29, 0.717) is 17.3 Å². The van der Waals surface area contributed by atoms with Gasteiger partial charge in [0, 0.05) is 31.4 Å². The molecule has 5 heteroatoms. The SMILES string of the molecule is NC(=O)c1ccc(N)cc1N1CCN2CCCCC2C1. The zero-order chi connectivity index (χ0) is 14.1. The molecule has 2 heterocycles. The van der Waals surface area contributed by atoms with Crippen LogP contribution in [0, 0.1) is 0 Å². The average molecular weight is 274 g/mol. The lowest BCUT2D eigenvalue weighted by atomic mass is 9.98. The molecule has 1 aromatic rings. The van der Waals surface area contributed by atoms with Gasteiger partial charge in [-0.2, -0.15) is 0 Å². The van der Waals surface area contributed by atoms with E-state index in [0.717, 1.165) is 25.3 Å². The quantitative estimate of drug-likeness (QED) is 0.790. The summed E-state index contributed by atoms with van der Waals surface area (Å²) in [7, 11) is 0. The zero-order valence-electron chi connectivity index (χ0n) is 11.7. The standard InChI is InChI=1S/C15H22N4O/c16-11-4-5-13(15(17)20)14(9-11)19-8-7-18-6-2-1-3-12(18)10-19/h4-5,9,12H,1-3,6-8,10,16H2,(H2,17,20). The van der Waals surface area contributed by atoms with E-state index in [1.165, 1.54) is 25.8 Å². The Bertz CT molecular complexity index is 517. The number of piperazine rings is 1. The predicted molar refractivity (Wildman–Crippen MR) is 80.8 cm³/mol. The topological polar surface area (TPSA) is 75.6 Å². The first-order chi connectivity index (χ1) is 9.65. The number of primary amides is 1. The lowest BCUT2D eigenvalue weighted by Crippen LogP contribution is -2.55. The van der Waals surface area contributed by atoms with Crippen LogP contribution in [0.1, 0.15) is 29.6 Å². The summed E-state index contributed by atoms with van der Waals surface area (Å²) < 4.78 is 0. The van der Waals surface area contributed by atoms with Crippen molar-refractivity contribution >= 4 is 17.3 Å². The van der Waals surface area contributed by atoms with Crippen molar-refractivity contribution in [3.05, 3.63) is 23.8 Å². The molecule has 20 heavy (non-hydrogen) atoms. The smallest absolute Gasteiger partial charge is 0.250 e. The van der Waals surface area contributed by atoms with Crippen LogP contribution in [0.2, 0.25) is 0 Å². The van der Waals surface area contributed by atoms with Gasteiger partial charge in [-0.25, -0.2) is 0 Å². The van der Waals surface area contributed by atoms with E-state index < -0.39 is 0 Å². The van der Waals surface area contributed by atoms with Crippen LogP contribution in [-0.2, 0) is 0 Å². The van der Waals surface area contributed by atoms with E-state index in [2.05, 4.69) is 9.80 Å². The third kappa shape index (κ3) is 2.45. The molecule has 2 aliphatic heterocycles. The molecule has 108 valence electrons. The molecule has 2 aliphatic rings. The number of nitrogen functional groups attached to an aromatic ring is 1. The molecule has 5 nitrogen and oxygen atoms in total. The Kier molecular flexibility index (Phi) is 3.53. The van der Waals surface area contributed by atoms with E-state index in [-0.39, 0.29) is 5.91 Å². The van der Waals surface area contributed by atoms with E-state index in [1.807, 2.05) is 6.07 Å². The Hall–Kier alpha value is -1.75. The highest BCUT2D eigenvalue weighted by molar-refractivity contribution is 5.99. The van der Waals surface area contributed by atoms with Gasteiger partial charge < -0.3 is 16.4 Å². The largest absolute Gasteiger partial charge is 0.399 e. The summed E-state index contributed by atoms with van der Waals surface area (Å²) in [6.07, 6.45) is 3.85. The first-order valence-electron chi connectivity index (χ1n) is 7.33. The number of hydrogen-bond acceptors (Lipinski definition) is 4. The molecular formula is C15H22N4O. The number of nitrogens with two attached hydrogens (primary N) is 2. The van der Waals surface area contributed by atoms with Gasteiger partial charge in [-0.05, 0) is 37.6 Å². The monoisotopic (exact) mass is 274 g/mol. The van der Waals surface area contributed by atoms with Gasteiger partial charge >= 0.3 is 0 Å². The van der Waals surface area contributed by atoms with Crippen LogP contribution in [-0.4, -0.2) is 43.0 Å². The number of nitrogens with zero attached hydrogens (tertiary/aromatic N) is 2. The number of rotatable bonds is 2. The third-order valence-electron chi connectivity index (χ3n) is 4.47. The number of carbonyl (C=O) groups excluding carboxylic acids is 1. The molecule has 3 rings (SSSR count). The molecule has 1 amide bonds. The summed E-state index contributed by atoms with van der Waals surface area (Å²) in [4.78, 5) is 16.4. The van der Waals surface area contributed by atoms with E-state index in [4.69, 9.17) is 11.5 Å². The van der Waals surface area contributed by atoms with E-state index >= 15 is 0 Å². The fraction of sp³-hybridized carbons (Fsp3) is 0.533. The van der Waals surface area contributed by atoms with Gasteiger partial charge in [0.25, 0.3) is 5.91 Å². The first kappa shape index (κ1) is 13.2. The average Bonchev–Trinajstić information content (AvgIpc) is 2.46. The van der Waals surface area contributed by atoms with Crippen LogP contribution in [0.5, 0.6) is 0 Å². The molecule has 0 spiro atoms. The molecule has 0 saturated carbocycles. The number of benzene rings is 1. The normalized spacial score (nSPS) is 23.4. The van der Waals surface area contributed by atoms with Crippen LogP contribution >= 0.6 is 0 Å². The Morgan fingerprint density at radius 3 is 2.85 bits per heavy atom. The number of carbonyl (C=O) groups is 1. The maximum absolute atomic E-state index is 11.6. The summed E-state index contributed by atoms with van der Waals surface area (Å²) in [5.74, 6) is -0.383. The lowest BCUT2D eigenvalue weighted by Gasteiger charge is -2.45. The minimum atomic E-state index is -0.383. The molecule has 2 saturated heterocycles. The highest BCUT2D eigenvalue weighted by Crippen LogP contribution is 2.28. The number of anilines is 2. The maximum Gasteiger partial charge on any atom is 0.250 e. The fourth-order valence-electron chi connectivity index (χ4n) is 3.39. The van der Waals surface area contributed by atoms with Crippen LogP contribution in [0.15, 0.2) is 18.2 Å². The minimum absolute atomic E-state index is 0.383. The first-order valence-corrected chi connectivity index (χ1v) is 7.33. The third-order valence-corrected chi connectivity index (χ3v) is 4.47. The summed E-state index contributed by atoms with van der Waals surface area (Å²) in [5, 5.41) is 0. The number of piperidine rings is 1. The summed E-state index contributed by atoms with van der Waals surface area (Å²) in [6, 6.07) is 5.94. The van der Waals surface area contributed by atoms with Gasteiger partial charge in [-0.1, -0.05) is 6.42 Å². The summed E-state index contributed by atoms with van der Waals surface area (Å²) in [6.45, 7) is 4.15.